The quantitative estimate of drug-likeness (QED) is 0.391. The van der Waals surface area contributed by atoms with Gasteiger partial charge < -0.3 is 5.11 Å². The lowest BCUT2D eigenvalue weighted by atomic mass is 10.1. The number of phenols is 1. The molecule has 3 nitrogen and oxygen atoms in total. The number of benzene rings is 1. The summed E-state index contributed by atoms with van der Waals surface area (Å²) in [4.78, 5) is 0. The van der Waals surface area contributed by atoms with E-state index in [1.165, 1.54) is 37.7 Å². The molecule has 3 N–H and O–H groups in total. The number of hydrogen-bond donors (Lipinski definition) is 3. The molecule has 0 saturated heterocycles. The van der Waals surface area contributed by atoms with Gasteiger partial charge in [-0.05, 0) is 30.5 Å². The lowest BCUT2D eigenvalue weighted by Gasteiger charge is -2.01. The van der Waals surface area contributed by atoms with Gasteiger partial charge in [-0.25, -0.2) is 0 Å². The van der Waals surface area contributed by atoms with Crippen molar-refractivity contribution in [1.82, 2.24) is 0 Å². The zero-order chi connectivity index (χ0) is 12.2. The first-order chi connectivity index (χ1) is 7.83. The molecule has 0 aliphatic rings. The summed E-state index contributed by atoms with van der Waals surface area (Å²) in [5.41, 5.74) is 1.33. The van der Waals surface area contributed by atoms with Crippen molar-refractivity contribution < 1.29 is 15.6 Å². The Morgan fingerprint density at radius 1 is 0.875 bits per heavy atom. The molecule has 92 valence electrons. The van der Waals surface area contributed by atoms with E-state index >= 15 is 0 Å². The van der Waals surface area contributed by atoms with Gasteiger partial charge in [-0.3, -0.25) is 10.5 Å². The van der Waals surface area contributed by atoms with E-state index in [-0.39, 0.29) is 0 Å². The fourth-order valence-electron chi connectivity index (χ4n) is 1.60. The first-order valence-electron chi connectivity index (χ1n) is 5.81. The van der Waals surface area contributed by atoms with Crippen molar-refractivity contribution in [3.05, 3.63) is 29.8 Å². The van der Waals surface area contributed by atoms with Gasteiger partial charge in [0.05, 0.1) is 0 Å². The van der Waals surface area contributed by atoms with Crippen molar-refractivity contribution in [2.24, 2.45) is 0 Å². The van der Waals surface area contributed by atoms with Gasteiger partial charge in [0, 0.05) is 0 Å². The number of aromatic hydroxyl groups is 1. The highest BCUT2D eigenvalue weighted by atomic mass is 17.0. The number of unbranched alkanes of at least 4 members (excludes halogenated alkanes) is 4. The minimum atomic E-state index is 0.361. The molecule has 0 spiro atoms. The average molecular weight is 226 g/mol. The summed E-state index contributed by atoms with van der Waals surface area (Å²) in [5, 5.41) is 21.1. The molecule has 1 aromatic rings. The Morgan fingerprint density at radius 2 is 1.44 bits per heavy atom. The average Bonchev–Trinajstić information content (AvgIpc) is 2.34. The van der Waals surface area contributed by atoms with E-state index in [9.17, 15) is 0 Å². The van der Waals surface area contributed by atoms with E-state index in [2.05, 4.69) is 6.92 Å². The molecular weight excluding hydrogens is 204 g/mol. The Labute approximate surface area is 97.3 Å². The molecule has 1 aromatic carbocycles. The van der Waals surface area contributed by atoms with Crippen LogP contribution in [0.15, 0.2) is 24.3 Å². The van der Waals surface area contributed by atoms with Gasteiger partial charge >= 0.3 is 0 Å². The standard InChI is InChI=1S/C13H20O.H2O2/c1-2-3-4-5-6-7-12-8-10-13(14)11-9-12;1-2/h8-11,14H,2-7H2,1H3;1-2H. The number of phenolic OH excluding ortho intramolecular Hbond substituents is 1. The maximum Gasteiger partial charge on any atom is 0.115 e. The minimum Gasteiger partial charge on any atom is -0.508 e. The molecular formula is C13H22O3. The second kappa shape index (κ2) is 10.5. The van der Waals surface area contributed by atoms with Crippen LogP contribution in [0.3, 0.4) is 0 Å². The van der Waals surface area contributed by atoms with Crippen LogP contribution in [-0.2, 0) is 6.42 Å². The van der Waals surface area contributed by atoms with E-state index in [0.29, 0.717) is 5.75 Å². The molecule has 0 aliphatic heterocycles. The lowest BCUT2D eigenvalue weighted by molar-refractivity contribution is -0.176. The first kappa shape index (κ1) is 14.9. The predicted molar refractivity (Wildman–Crippen MR) is 65.8 cm³/mol. The van der Waals surface area contributed by atoms with Crippen LogP contribution in [-0.4, -0.2) is 15.6 Å². The van der Waals surface area contributed by atoms with Gasteiger partial charge in [0.15, 0.2) is 0 Å². The summed E-state index contributed by atoms with van der Waals surface area (Å²) in [6, 6.07) is 7.55. The Bertz CT molecular complexity index is 244. The highest BCUT2D eigenvalue weighted by Gasteiger charge is 1.93. The first-order valence-corrected chi connectivity index (χ1v) is 5.81. The summed E-state index contributed by atoms with van der Waals surface area (Å²) >= 11 is 0. The third-order valence-corrected chi connectivity index (χ3v) is 2.51. The van der Waals surface area contributed by atoms with Gasteiger partial charge in [0.2, 0.25) is 0 Å². The maximum absolute atomic E-state index is 9.10. The molecule has 3 heteroatoms. The number of rotatable bonds is 6. The minimum absolute atomic E-state index is 0.361. The molecule has 16 heavy (non-hydrogen) atoms. The Hall–Kier alpha value is -1.06. The predicted octanol–water partition coefficient (Wildman–Crippen LogP) is 3.92. The third kappa shape index (κ3) is 7.26. The van der Waals surface area contributed by atoms with Crippen LogP contribution >= 0.6 is 0 Å². The van der Waals surface area contributed by atoms with Gasteiger partial charge in [-0.1, -0.05) is 44.7 Å². The molecule has 0 fully saturated rings. The van der Waals surface area contributed by atoms with Crippen LogP contribution in [0.5, 0.6) is 5.75 Å². The van der Waals surface area contributed by atoms with E-state index in [0.717, 1.165) is 6.42 Å². The summed E-state index contributed by atoms with van der Waals surface area (Å²) < 4.78 is 0. The van der Waals surface area contributed by atoms with E-state index in [1.54, 1.807) is 12.1 Å². The molecule has 0 aliphatic carbocycles. The maximum atomic E-state index is 9.10. The highest BCUT2D eigenvalue weighted by Crippen LogP contribution is 2.13. The van der Waals surface area contributed by atoms with Crippen LogP contribution in [0, 0.1) is 0 Å². The normalized spacial score (nSPS) is 9.44. The monoisotopic (exact) mass is 226 g/mol. The van der Waals surface area contributed by atoms with Crippen LogP contribution in [0.4, 0.5) is 0 Å². The topological polar surface area (TPSA) is 60.7 Å². The van der Waals surface area contributed by atoms with Gasteiger partial charge in [0.25, 0.3) is 0 Å². The molecule has 0 radical (unpaired) electrons. The summed E-state index contributed by atoms with van der Waals surface area (Å²) in [5.74, 6) is 0.361. The molecule has 0 heterocycles. The van der Waals surface area contributed by atoms with Crippen LogP contribution in [0.1, 0.15) is 44.6 Å². The second-order valence-corrected chi connectivity index (χ2v) is 3.83. The zero-order valence-electron chi connectivity index (χ0n) is 9.89. The Balaban J connectivity index is 0.00000106. The number of aryl methyl sites for hydroxylation is 1. The number of hydrogen-bond acceptors (Lipinski definition) is 3. The molecule has 0 atom stereocenters. The van der Waals surface area contributed by atoms with Crippen molar-refractivity contribution in [2.75, 3.05) is 0 Å². The van der Waals surface area contributed by atoms with Crippen molar-refractivity contribution in [3.63, 3.8) is 0 Å². The Morgan fingerprint density at radius 3 is 2.00 bits per heavy atom. The van der Waals surface area contributed by atoms with Crippen molar-refractivity contribution in [1.29, 1.82) is 0 Å². The van der Waals surface area contributed by atoms with Crippen LogP contribution in [0.2, 0.25) is 0 Å². The fraction of sp³-hybridized carbons (Fsp3) is 0.538. The van der Waals surface area contributed by atoms with E-state index in [1.807, 2.05) is 12.1 Å². The van der Waals surface area contributed by atoms with Gasteiger partial charge in [-0.2, -0.15) is 0 Å². The second-order valence-electron chi connectivity index (χ2n) is 3.83. The van der Waals surface area contributed by atoms with Crippen molar-refractivity contribution in [3.8, 4) is 5.75 Å². The third-order valence-electron chi connectivity index (χ3n) is 2.51. The van der Waals surface area contributed by atoms with Crippen LogP contribution < -0.4 is 0 Å². The largest absolute Gasteiger partial charge is 0.508 e. The molecule has 1 rings (SSSR count). The highest BCUT2D eigenvalue weighted by molar-refractivity contribution is 5.25. The molecule has 0 aromatic heterocycles. The SMILES string of the molecule is CCCCCCCc1ccc(O)cc1.OO. The zero-order valence-corrected chi connectivity index (χ0v) is 9.89. The molecule has 0 bridgehead atoms. The van der Waals surface area contributed by atoms with Crippen molar-refractivity contribution >= 4 is 0 Å². The summed E-state index contributed by atoms with van der Waals surface area (Å²) in [6.45, 7) is 2.24. The van der Waals surface area contributed by atoms with Gasteiger partial charge in [-0.15, -0.1) is 0 Å². The van der Waals surface area contributed by atoms with Gasteiger partial charge in [0.1, 0.15) is 5.75 Å². The lowest BCUT2D eigenvalue weighted by Crippen LogP contribution is -1.85. The summed E-state index contributed by atoms with van der Waals surface area (Å²) in [6.07, 6.45) is 7.76. The molecule has 0 unspecified atom stereocenters. The summed E-state index contributed by atoms with van der Waals surface area (Å²) in [7, 11) is 0. The fourth-order valence-corrected chi connectivity index (χ4v) is 1.60. The van der Waals surface area contributed by atoms with Crippen LogP contribution in [0.25, 0.3) is 0 Å². The van der Waals surface area contributed by atoms with E-state index < -0.39 is 0 Å². The molecule has 0 amide bonds. The molecule has 0 saturated carbocycles. The smallest absolute Gasteiger partial charge is 0.115 e. The van der Waals surface area contributed by atoms with Crippen molar-refractivity contribution in [2.45, 2.75) is 45.4 Å². The Kier molecular flexibility index (Phi) is 9.76. The van der Waals surface area contributed by atoms with E-state index in [4.69, 9.17) is 15.6 Å².